The number of hydrogen-bond donors (Lipinski definition) is 0. The third kappa shape index (κ3) is 1.25. The predicted molar refractivity (Wildman–Crippen MR) is 56.6 cm³/mol. The fourth-order valence-electron chi connectivity index (χ4n) is 1.60. The summed E-state index contributed by atoms with van der Waals surface area (Å²) in [7, 11) is 0. The van der Waals surface area contributed by atoms with Gasteiger partial charge < -0.3 is 5.48 Å². The van der Waals surface area contributed by atoms with Crippen LogP contribution in [-0.2, 0) is 0 Å². The van der Waals surface area contributed by atoms with Gasteiger partial charge in [-0.2, -0.15) is 9.61 Å². The highest BCUT2D eigenvalue weighted by atomic mass is 16.0. The summed E-state index contributed by atoms with van der Waals surface area (Å²) in [4.78, 5) is 0. The van der Waals surface area contributed by atoms with E-state index in [1.807, 2.05) is 37.4 Å². The Kier molecular flexibility index (Phi) is 2.09. The summed E-state index contributed by atoms with van der Waals surface area (Å²) in [6, 6.07) is 8.03. The van der Waals surface area contributed by atoms with Crippen LogP contribution in [0.2, 0.25) is 0 Å². The van der Waals surface area contributed by atoms with Gasteiger partial charge in [-0.1, -0.05) is 24.3 Å². The van der Waals surface area contributed by atoms with Gasteiger partial charge in [-0.15, -0.1) is 10.2 Å². The van der Waals surface area contributed by atoms with Gasteiger partial charge in [0.25, 0.3) is 0 Å². The topological polar surface area (TPSA) is 74.6 Å². The van der Waals surface area contributed by atoms with Crippen LogP contribution in [0.1, 0.15) is 5.82 Å². The molecule has 2 aromatic heterocycles. The highest BCUT2D eigenvalue weighted by Crippen LogP contribution is 2.16. The summed E-state index contributed by atoms with van der Waals surface area (Å²) >= 11 is 0. The molecule has 0 fully saturated rings. The minimum Gasteiger partial charge on any atom is -0.412 e. The number of rotatable bonds is 0. The molecule has 3 aromatic rings. The molecule has 76 valence electrons. The number of benzene rings is 1. The normalized spacial score (nSPS) is 10.5. The summed E-state index contributed by atoms with van der Waals surface area (Å²) in [5, 5.41) is 14.5. The Bertz CT molecular complexity index is 617. The van der Waals surface area contributed by atoms with Crippen molar-refractivity contribution < 1.29 is 5.48 Å². The smallest absolute Gasteiger partial charge is 0.185 e. The van der Waals surface area contributed by atoms with Gasteiger partial charge in [0, 0.05) is 10.8 Å². The van der Waals surface area contributed by atoms with Gasteiger partial charge >= 0.3 is 0 Å². The Labute approximate surface area is 85.7 Å². The molecular formula is C10H10N4O. The maximum atomic E-state index is 4.26. The van der Waals surface area contributed by atoms with E-state index in [2.05, 4.69) is 15.3 Å². The van der Waals surface area contributed by atoms with E-state index in [0.717, 1.165) is 22.2 Å². The lowest BCUT2D eigenvalue weighted by atomic mass is 10.2. The van der Waals surface area contributed by atoms with Crippen LogP contribution >= 0.6 is 0 Å². The van der Waals surface area contributed by atoms with E-state index in [4.69, 9.17) is 0 Å². The predicted octanol–water partition coefficient (Wildman–Crippen LogP) is 0.761. The molecule has 0 spiro atoms. The Morgan fingerprint density at radius 1 is 1.13 bits per heavy atom. The first kappa shape index (κ1) is 9.54. The minimum atomic E-state index is 0. The lowest BCUT2D eigenvalue weighted by Crippen LogP contribution is -1.93. The molecule has 0 atom stereocenters. The second kappa shape index (κ2) is 3.29. The van der Waals surface area contributed by atoms with Crippen molar-refractivity contribution in [2.45, 2.75) is 6.92 Å². The number of nitrogens with zero attached hydrogens (tertiary/aromatic N) is 4. The van der Waals surface area contributed by atoms with Crippen LogP contribution in [0.4, 0.5) is 0 Å². The molecular weight excluding hydrogens is 192 g/mol. The number of aryl methyl sites for hydroxylation is 1. The average molecular weight is 202 g/mol. The SMILES string of the molecule is Cc1nnc2c3ccccc3cnn12.O. The zero-order valence-electron chi connectivity index (χ0n) is 8.18. The van der Waals surface area contributed by atoms with Crippen LogP contribution in [0.5, 0.6) is 0 Å². The molecule has 0 saturated carbocycles. The Balaban J connectivity index is 0.000000853. The zero-order valence-corrected chi connectivity index (χ0v) is 8.18. The monoisotopic (exact) mass is 202 g/mol. The molecule has 0 aliphatic rings. The largest absolute Gasteiger partial charge is 0.412 e. The Morgan fingerprint density at radius 2 is 1.93 bits per heavy atom. The van der Waals surface area contributed by atoms with Crippen LogP contribution in [0.15, 0.2) is 30.5 Å². The van der Waals surface area contributed by atoms with Crippen molar-refractivity contribution in [2.75, 3.05) is 0 Å². The van der Waals surface area contributed by atoms with Crippen LogP contribution in [-0.4, -0.2) is 25.3 Å². The van der Waals surface area contributed by atoms with Crippen LogP contribution in [0.25, 0.3) is 16.4 Å². The number of aromatic nitrogens is 4. The van der Waals surface area contributed by atoms with Crippen molar-refractivity contribution in [1.82, 2.24) is 19.8 Å². The lowest BCUT2D eigenvalue weighted by Gasteiger charge is -1.97. The molecule has 0 radical (unpaired) electrons. The van der Waals surface area contributed by atoms with Gasteiger partial charge in [0.15, 0.2) is 11.5 Å². The summed E-state index contributed by atoms with van der Waals surface area (Å²) < 4.78 is 1.75. The summed E-state index contributed by atoms with van der Waals surface area (Å²) in [6.07, 6.45) is 1.83. The molecule has 2 N–H and O–H groups in total. The summed E-state index contributed by atoms with van der Waals surface area (Å²) in [5.74, 6) is 0.811. The summed E-state index contributed by atoms with van der Waals surface area (Å²) in [6.45, 7) is 1.89. The fourth-order valence-corrected chi connectivity index (χ4v) is 1.60. The van der Waals surface area contributed by atoms with Crippen LogP contribution < -0.4 is 0 Å². The quantitative estimate of drug-likeness (QED) is 0.540. The van der Waals surface area contributed by atoms with E-state index in [1.165, 1.54) is 0 Å². The summed E-state index contributed by atoms with van der Waals surface area (Å²) in [5.41, 5.74) is 0.820. The van der Waals surface area contributed by atoms with Crippen molar-refractivity contribution in [3.8, 4) is 0 Å². The van der Waals surface area contributed by atoms with Gasteiger partial charge in [0.1, 0.15) is 0 Å². The maximum absolute atomic E-state index is 4.26. The van der Waals surface area contributed by atoms with Crippen LogP contribution in [0.3, 0.4) is 0 Å². The molecule has 0 unspecified atom stereocenters. The maximum Gasteiger partial charge on any atom is 0.185 e. The highest BCUT2D eigenvalue weighted by molar-refractivity contribution is 5.92. The van der Waals surface area contributed by atoms with Crippen molar-refractivity contribution in [1.29, 1.82) is 0 Å². The Morgan fingerprint density at radius 3 is 2.80 bits per heavy atom. The van der Waals surface area contributed by atoms with Crippen molar-refractivity contribution in [2.24, 2.45) is 0 Å². The molecule has 0 aliphatic heterocycles. The molecule has 0 saturated heterocycles. The number of hydrogen-bond acceptors (Lipinski definition) is 3. The first-order valence-corrected chi connectivity index (χ1v) is 4.42. The van der Waals surface area contributed by atoms with Gasteiger partial charge in [-0.25, -0.2) is 0 Å². The van der Waals surface area contributed by atoms with Crippen LogP contribution in [0, 0.1) is 6.92 Å². The highest BCUT2D eigenvalue weighted by Gasteiger charge is 2.05. The zero-order chi connectivity index (χ0) is 9.54. The van der Waals surface area contributed by atoms with Crippen molar-refractivity contribution in [3.63, 3.8) is 0 Å². The van der Waals surface area contributed by atoms with E-state index in [0.29, 0.717) is 0 Å². The van der Waals surface area contributed by atoms with Crippen molar-refractivity contribution in [3.05, 3.63) is 36.3 Å². The van der Waals surface area contributed by atoms with E-state index < -0.39 is 0 Å². The third-order valence-electron chi connectivity index (χ3n) is 2.31. The average Bonchev–Trinajstić information content (AvgIpc) is 2.61. The molecule has 5 nitrogen and oxygen atoms in total. The molecule has 0 bridgehead atoms. The van der Waals surface area contributed by atoms with Gasteiger partial charge in [-0.3, -0.25) is 0 Å². The molecule has 3 rings (SSSR count). The third-order valence-corrected chi connectivity index (χ3v) is 2.31. The van der Waals surface area contributed by atoms with E-state index in [9.17, 15) is 0 Å². The molecule has 15 heavy (non-hydrogen) atoms. The van der Waals surface area contributed by atoms with E-state index >= 15 is 0 Å². The molecule has 0 aliphatic carbocycles. The second-order valence-corrected chi connectivity index (χ2v) is 3.21. The van der Waals surface area contributed by atoms with Gasteiger partial charge in [-0.05, 0) is 6.92 Å². The van der Waals surface area contributed by atoms with E-state index in [1.54, 1.807) is 4.52 Å². The standard InChI is InChI=1S/C10H8N4.H2O/c1-7-12-13-10-9-5-3-2-4-8(9)6-11-14(7)10;/h2-6H,1H3;1H2. The number of fused-ring (bicyclic) bond motifs is 3. The van der Waals surface area contributed by atoms with Crippen molar-refractivity contribution >= 4 is 16.4 Å². The molecule has 2 heterocycles. The second-order valence-electron chi connectivity index (χ2n) is 3.21. The minimum absolute atomic E-state index is 0. The van der Waals surface area contributed by atoms with Gasteiger partial charge in [0.2, 0.25) is 0 Å². The first-order valence-electron chi connectivity index (χ1n) is 4.42. The fraction of sp³-hybridized carbons (Fsp3) is 0.100. The van der Waals surface area contributed by atoms with Gasteiger partial charge in [0.05, 0.1) is 6.20 Å². The lowest BCUT2D eigenvalue weighted by molar-refractivity contribution is 0.824. The first-order chi connectivity index (χ1) is 6.86. The Hall–Kier alpha value is -2.01. The molecule has 5 heteroatoms. The van der Waals surface area contributed by atoms with E-state index in [-0.39, 0.29) is 5.48 Å². The molecule has 1 aromatic carbocycles. The molecule has 0 amide bonds.